The molecule has 6 heteroatoms. The quantitative estimate of drug-likeness (QED) is 0.730. The third-order valence-electron chi connectivity index (χ3n) is 6.86. The van der Waals surface area contributed by atoms with Crippen molar-refractivity contribution < 1.29 is 19.8 Å². The third-order valence-corrected chi connectivity index (χ3v) is 6.86. The van der Waals surface area contributed by atoms with Gasteiger partial charge in [0.25, 0.3) is 0 Å². The van der Waals surface area contributed by atoms with E-state index in [1.807, 2.05) is 13.1 Å². The van der Waals surface area contributed by atoms with Gasteiger partial charge in [0.2, 0.25) is 5.91 Å². The van der Waals surface area contributed by atoms with E-state index in [0.29, 0.717) is 19.3 Å². The number of ketones is 1. The number of likely N-dealkylation sites (N-methyl/N-ethyl adjacent to an activating group) is 1. The van der Waals surface area contributed by atoms with E-state index in [0.717, 1.165) is 17.7 Å². The fourth-order valence-corrected chi connectivity index (χ4v) is 5.45. The second kappa shape index (κ2) is 5.79. The standard InChI is InChI=1S/C20H26N2O4/c1-3-18(25)21-15-10-20(26)17-8-12-4-5-13(23)9-14(12)19(20,11-16(15)24)6-7-22(17)2/h4-5,9,15,17,23,26H,3,6-8,10-11H2,1-2H3,(H,21,25). The van der Waals surface area contributed by atoms with E-state index in [-0.39, 0.29) is 36.3 Å². The van der Waals surface area contributed by atoms with Crippen LogP contribution < -0.4 is 5.32 Å². The third kappa shape index (κ3) is 2.25. The van der Waals surface area contributed by atoms with Gasteiger partial charge in [0.1, 0.15) is 5.75 Å². The highest BCUT2D eigenvalue weighted by Gasteiger charge is 2.66. The number of phenols is 1. The summed E-state index contributed by atoms with van der Waals surface area (Å²) in [6.45, 7) is 2.54. The second-order valence-electron chi connectivity index (χ2n) is 8.12. The number of nitrogens with one attached hydrogen (secondary N) is 1. The van der Waals surface area contributed by atoms with Crippen LogP contribution in [0.5, 0.6) is 5.75 Å². The molecule has 3 N–H and O–H groups in total. The number of amides is 1. The summed E-state index contributed by atoms with van der Waals surface area (Å²) in [6, 6.07) is 4.55. The maximum atomic E-state index is 12.9. The van der Waals surface area contributed by atoms with Gasteiger partial charge in [-0.2, -0.15) is 0 Å². The lowest BCUT2D eigenvalue weighted by Gasteiger charge is -2.63. The van der Waals surface area contributed by atoms with Crippen molar-refractivity contribution in [3.05, 3.63) is 29.3 Å². The Labute approximate surface area is 153 Å². The number of aromatic hydroxyl groups is 1. The molecule has 1 aromatic rings. The van der Waals surface area contributed by atoms with Gasteiger partial charge in [-0.25, -0.2) is 0 Å². The minimum absolute atomic E-state index is 0.0315. The number of carbonyl (C=O) groups excluding carboxylic acids is 2. The number of likely N-dealkylation sites (tertiary alicyclic amines) is 1. The molecule has 1 saturated carbocycles. The first-order chi connectivity index (χ1) is 12.3. The van der Waals surface area contributed by atoms with Gasteiger partial charge in [-0.3, -0.25) is 9.59 Å². The molecule has 2 aliphatic carbocycles. The van der Waals surface area contributed by atoms with Gasteiger partial charge in [0.15, 0.2) is 5.78 Å². The van der Waals surface area contributed by atoms with Crippen LogP contribution in [0.4, 0.5) is 0 Å². The zero-order chi connectivity index (χ0) is 18.7. The number of benzene rings is 1. The van der Waals surface area contributed by atoms with Gasteiger partial charge in [-0.05, 0) is 49.7 Å². The van der Waals surface area contributed by atoms with Crippen molar-refractivity contribution in [1.29, 1.82) is 0 Å². The van der Waals surface area contributed by atoms with E-state index in [4.69, 9.17) is 0 Å². The van der Waals surface area contributed by atoms with Crippen molar-refractivity contribution in [2.24, 2.45) is 0 Å². The molecular weight excluding hydrogens is 332 g/mol. The van der Waals surface area contributed by atoms with Gasteiger partial charge < -0.3 is 20.4 Å². The lowest BCUT2D eigenvalue weighted by atomic mass is 9.48. The number of rotatable bonds is 2. The lowest BCUT2D eigenvalue weighted by Crippen LogP contribution is -2.75. The summed E-state index contributed by atoms with van der Waals surface area (Å²) >= 11 is 0. The molecule has 1 aromatic carbocycles. The van der Waals surface area contributed by atoms with Crippen LogP contribution in [0.15, 0.2) is 18.2 Å². The maximum absolute atomic E-state index is 12.9. The Kier molecular flexibility index (Phi) is 3.90. The molecule has 0 spiro atoms. The molecule has 4 atom stereocenters. The molecular formula is C20H26N2O4. The van der Waals surface area contributed by atoms with E-state index in [9.17, 15) is 19.8 Å². The number of hydrogen-bond donors (Lipinski definition) is 3. The van der Waals surface area contributed by atoms with Gasteiger partial charge in [0.05, 0.1) is 11.6 Å². The molecule has 0 radical (unpaired) electrons. The number of Topliss-reactive ketones (excluding diaryl/α,β-unsaturated/α-hetero) is 1. The fourth-order valence-electron chi connectivity index (χ4n) is 5.45. The van der Waals surface area contributed by atoms with Gasteiger partial charge in [0, 0.05) is 30.7 Å². The molecule has 4 rings (SSSR count). The molecule has 1 saturated heterocycles. The SMILES string of the molecule is CCC(=O)NC1CC2(O)C3Cc4ccc(O)cc4C2(CCN3C)CC1=O. The molecule has 140 valence electrons. The number of piperidine rings is 1. The fraction of sp³-hybridized carbons (Fsp3) is 0.600. The lowest BCUT2D eigenvalue weighted by molar-refractivity contribution is -0.174. The van der Waals surface area contributed by atoms with E-state index >= 15 is 0 Å². The van der Waals surface area contributed by atoms with Crippen LogP contribution in [0, 0.1) is 0 Å². The van der Waals surface area contributed by atoms with E-state index in [1.54, 1.807) is 19.1 Å². The van der Waals surface area contributed by atoms with E-state index in [1.165, 1.54) is 0 Å². The summed E-state index contributed by atoms with van der Waals surface area (Å²) in [6.07, 6.45) is 2.06. The van der Waals surface area contributed by atoms with Crippen LogP contribution in [0.2, 0.25) is 0 Å². The number of fused-ring (bicyclic) bond motifs is 1. The second-order valence-corrected chi connectivity index (χ2v) is 8.12. The zero-order valence-corrected chi connectivity index (χ0v) is 15.3. The highest BCUT2D eigenvalue weighted by molar-refractivity contribution is 5.91. The van der Waals surface area contributed by atoms with Crippen LogP contribution in [0.1, 0.15) is 43.7 Å². The Bertz CT molecular complexity index is 779. The molecule has 6 nitrogen and oxygen atoms in total. The van der Waals surface area contributed by atoms with Crippen LogP contribution >= 0.6 is 0 Å². The van der Waals surface area contributed by atoms with Crippen molar-refractivity contribution in [2.75, 3.05) is 13.6 Å². The minimum atomic E-state index is -1.11. The predicted octanol–water partition coefficient (Wildman–Crippen LogP) is 0.879. The number of hydrogen-bond acceptors (Lipinski definition) is 5. The topological polar surface area (TPSA) is 89.9 Å². The van der Waals surface area contributed by atoms with Crippen molar-refractivity contribution >= 4 is 11.7 Å². The van der Waals surface area contributed by atoms with Crippen molar-refractivity contribution in [3.8, 4) is 5.75 Å². The Morgan fingerprint density at radius 3 is 2.92 bits per heavy atom. The number of nitrogens with zero attached hydrogens (tertiary/aromatic N) is 1. The van der Waals surface area contributed by atoms with Crippen molar-refractivity contribution in [1.82, 2.24) is 10.2 Å². The Morgan fingerprint density at radius 2 is 2.19 bits per heavy atom. The number of aliphatic hydroxyl groups is 1. The largest absolute Gasteiger partial charge is 0.508 e. The van der Waals surface area contributed by atoms with Crippen LogP contribution in [0.25, 0.3) is 0 Å². The molecule has 3 aliphatic rings. The van der Waals surface area contributed by atoms with Gasteiger partial charge >= 0.3 is 0 Å². The highest BCUT2D eigenvalue weighted by Crippen LogP contribution is 2.57. The van der Waals surface area contributed by atoms with Crippen molar-refractivity contribution in [2.45, 2.75) is 62.1 Å². The zero-order valence-electron chi connectivity index (χ0n) is 15.3. The molecule has 2 fully saturated rings. The first-order valence-electron chi connectivity index (χ1n) is 9.38. The maximum Gasteiger partial charge on any atom is 0.220 e. The van der Waals surface area contributed by atoms with Crippen LogP contribution in [-0.2, 0) is 21.4 Å². The Morgan fingerprint density at radius 1 is 1.42 bits per heavy atom. The average molecular weight is 358 g/mol. The monoisotopic (exact) mass is 358 g/mol. The Hall–Kier alpha value is -1.92. The summed E-state index contributed by atoms with van der Waals surface area (Å²) in [4.78, 5) is 26.9. The normalized spacial score (nSPS) is 36.2. The highest BCUT2D eigenvalue weighted by atomic mass is 16.3. The smallest absolute Gasteiger partial charge is 0.220 e. The molecule has 0 aromatic heterocycles. The van der Waals surface area contributed by atoms with Crippen LogP contribution in [-0.4, -0.2) is 58.1 Å². The summed E-state index contributed by atoms with van der Waals surface area (Å²) in [5.41, 5.74) is 0.187. The average Bonchev–Trinajstić information content (AvgIpc) is 2.60. The predicted molar refractivity (Wildman–Crippen MR) is 95.9 cm³/mol. The summed E-state index contributed by atoms with van der Waals surface area (Å²) in [5, 5.41) is 24.8. The molecule has 1 aliphatic heterocycles. The van der Waals surface area contributed by atoms with Crippen molar-refractivity contribution in [3.63, 3.8) is 0 Å². The molecule has 26 heavy (non-hydrogen) atoms. The molecule has 1 amide bonds. The van der Waals surface area contributed by atoms with Gasteiger partial charge in [-0.1, -0.05) is 13.0 Å². The molecule has 4 unspecified atom stereocenters. The summed E-state index contributed by atoms with van der Waals surface area (Å²) < 4.78 is 0. The summed E-state index contributed by atoms with van der Waals surface area (Å²) in [7, 11) is 2.01. The summed E-state index contributed by atoms with van der Waals surface area (Å²) in [5.74, 6) is -0.0436. The first kappa shape index (κ1) is 17.5. The van der Waals surface area contributed by atoms with E-state index < -0.39 is 17.1 Å². The minimum Gasteiger partial charge on any atom is -0.508 e. The van der Waals surface area contributed by atoms with Gasteiger partial charge in [-0.15, -0.1) is 0 Å². The molecule has 1 heterocycles. The molecule has 2 bridgehead atoms. The number of carbonyl (C=O) groups is 2. The number of phenolic OH excluding ortho intramolecular Hbond substituents is 1. The van der Waals surface area contributed by atoms with E-state index in [2.05, 4.69) is 10.2 Å². The van der Waals surface area contributed by atoms with Crippen LogP contribution in [0.3, 0.4) is 0 Å². The first-order valence-corrected chi connectivity index (χ1v) is 9.38. The Balaban J connectivity index is 1.83.